The fourth-order valence-corrected chi connectivity index (χ4v) is 1.97. The molecule has 0 aliphatic carbocycles. The van der Waals surface area contributed by atoms with Gasteiger partial charge in [-0.1, -0.05) is 0 Å². The fourth-order valence-electron chi connectivity index (χ4n) is 0.932. The van der Waals surface area contributed by atoms with E-state index < -0.39 is 10.2 Å². The lowest BCUT2D eigenvalue weighted by Crippen LogP contribution is -2.44. The Labute approximate surface area is 98.4 Å². The van der Waals surface area contributed by atoms with Crippen molar-refractivity contribution in [2.45, 2.75) is 19.4 Å². The predicted octanol–water partition coefficient (Wildman–Crippen LogP) is -0.915. The summed E-state index contributed by atoms with van der Waals surface area (Å²) in [6.45, 7) is 2.63. The quantitative estimate of drug-likeness (QED) is 0.587. The molecule has 2 N–H and O–H groups in total. The Balaban J connectivity index is 4.14. The van der Waals surface area contributed by atoms with Crippen molar-refractivity contribution < 1.29 is 13.5 Å². The number of rotatable bonds is 8. The summed E-state index contributed by atoms with van der Waals surface area (Å²) in [6.07, 6.45) is 0.445. The van der Waals surface area contributed by atoms with E-state index in [0.717, 1.165) is 0 Å². The van der Waals surface area contributed by atoms with Crippen molar-refractivity contribution in [1.29, 1.82) is 0 Å². The van der Waals surface area contributed by atoms with Crippen LogP contribution in [0.25, 0.3) is 0 Å². The first-order valence-electron chi connectivity index (χ1n) is 5.29. The Morgan fingerprint density at radius 2 is 1.88 bits per heavy atom. The third-order valence-corrected chi connectivity index (χ3v) is 4.02. The SMILES string of the molecule is CC(CNS(=O)(=O)N(C)CCCO)N(C)C. The zero-order valence-electron chi connectivity index (χ0n) is 10.5. The molecule has 0 fully saturated rings. The minimum Gasteiger partial charge on any atom is -0.396 e. The van der Waals surface area contributed by atoms with Gasteiger partial charge in [0.25, 0.3) is 10.2 Å². The number of aliphatic hydroxyl groups excluding tert-OH is 1. The number of likely N-dealkylation sites (N-methyl/N-ethyl adjacent to an activating group) is 1. The lowest BCUT2D eigenvalue weighted by molar-refractivity contribution is 0.274. The molecule has 7 heteroatoms. The maximum absolute atomic E-state index is 11.7. The number of hydrogen-bond donors (Lipinski definition) is 2. The van der Waals surface area contributed by atoms with Gasteiger partial charge in [0.2, 0.25) is 0 Å². The van der Waals surface area contributed by atoms with Gasteiger partial charge in [0.1, 0.15) is 0 Å². The molecule has 0 aliphatic rings. The summed E-state index contributed by atoms with van der Waals surface area (Å²) in [5.74, 6) is 0. The maximum Gasteiger partial charge on any atom is 0.279 e. The van der Waals surface area contributed by atoms with E-state index in [9.17, 15) is 8.42 Å². The highest BCUT2D eigenvalue weighted by molar-refractivity contribution is 7.87. The highest BCUT2D eigenvalue weighted by Gasteiger charge is 2.17. The second kappa shape index (κ2) is 7.18. The van der Waals surface area contributed by atoms with E-state index in [0.29, 0.717) is 19.5 Å². The molecular weight excluding hydrogens is 230 g/mol. The molecule has 1 atom stereocenters. The Bertz CT molecular complexity index is 280. The van der Waals surface area contributed by atoms with Gasteiger partial charge < -0.3 is 10.0 Å². The van der Waals surface area contributed by atoms with Crippen LogP contribution in [0, 0.1) is 0 Å². The summed E-state index contributed by atoms with van der Waals surface area (Å²) in [7, 11) is 1.88. The average molecular weight is 253 g/mol. The van der Waals surface area contributed by atoms with Crippen molar-refractivity contribution >= 4 is 10.2 Å². The van der Waals surface area contributed by atoms with Crippen molar-refractivity contribution in [3.05, 3.63) is 0 Å². The molecule has 6 nitrogen and oxygen atoms in total. The molecule has 0 aliphatic heterocycles. The third kappa shape index (κ3) is 5.76. The van der Waals surface area contributed by atoms with E-state index in [4.69, 9.17) is 5.11 Å². The molecule has 1 unspecified atom stereocenters. The molecule has 0 aromatic heterocycles. The molecule has 0 spiro atoms. The van der Waals surface area contributed by atoms with E-state index in [1.165, 1.54) is 11.4 Å². The second-order valence-electron chi connectivity index (χ2n) is 4.06. The standard InChI is InChI=1S/C9H23N3O3S/c1-9(11(2)3)8-10-16(14,15)12(4)6-5-7-13/h9-10,13H,5-8H2,1-4H3. The van der Waals surface area contributed by atoms with Crippen molar-refractivity contribution in [3.63, 3.8) is 0 Å². The Hall–Kier alpha value is -0.210. The molecule has 0 aromatic rings. The first-order valence-corrected chi connectivity index (χ1v) is 6.73. The van der Waals surface area contributed by atoms with Gasteiger partial charge in [0.15, 0.2) is 0 Å². The molecule has 0 bridgehead atoms. The van der Waals surface area contributed by atoms with Gasteiger partial charge in [-0.05, 0) is 27.4 Å². The Morgan fingerprint density at radius 1 is 1.31 bits per heavy atom. The molecule has 0 saturated carbocycles. The lowest BCUT2D eigenvalue weighted by atomic mass is 10.3. The number of nitrogens with zero attached hydrogens (tertiary/aromatic N) is 2. The summed E-state index contributed by atoms with van der Waals surface area (Å²) in [4.78, 5) is 1.94. The monoisotopic (exact) mass is 253 g/mol. The molecule has 0 heterocycles. The van der Waals surface area contributed by atoms with Gasteiger partial charge in [-0.2, -0.15) is 12.7 Å². The highest BCUT2D eigenvalue weighted by atomic mass is 32.2. The number of aliphatic hydroxyl groups is 1. The summed E-state index contributed by atoms with van der Waals surface area (Å²) < 4.78 is 27.1. The molecule has 16 heavy (non-hydrogen) atoms. The van der Waals surface area contributed by atoms with E-state index >= 15 is 0 Å². The highest BCUT2D eigenvalue weighted by Crippen LogP contribution is 1.97. The minimum atomic E-state index is -3.42. The predicted molar refractivity (Wildman–Crippen MR) is 64.4 cm³/mol. The largest absolute Gasteiger partial charge is 0.396 e. The van der Waals surface area contributed by atoms with Crippen molar-refractivity contribution in [1.82, 2.24) is 13.9 Å². The van der Waals surface area contributed by atoms with Crippen LogP contribution in [0.1, 0.15) is 13.3 Å². The third-order valence-electron chi connectivity index (χ3n) is 2.48. The molecule has 0 amide bonds. The Kier molecular flexibility index (Phi) is 7.09. The van der Waals surface area contributed by atoms with Crippen LogP contribution in [-0.2, 0) is 10.2 Å². The molecule has 98 valence electrons. The zero-order valence-corrected chi connectivity index (χ0v) is 11.3. The van der Waals surface area contributed by atoms with Crippen LogP contribution in [0.4, 0.5) is 0 Å². The molecule has 0 radical (unpaired) electrons. The van der Waals surface area contributed by atoms with Crippen LogP contribution < -0.4 is 4.72 Å². The minimum absolute atomic E-state index is 0.00599. The normalized spacial score (nSPS) is 14.7. The van der Waals surface area contributed by atoms with Gasteiger partial charge in [0, 0.05) is 32.8 Å². The van der Waals surface area contributed by atoms with Gasteiger partial charge >= 0.3 is 0 Å². The van der Waals surface area contributed by atoms with E-state index in [2.05, 4.69) is 4.72 Å². The first-order chi connectivity index (χ1) is 7.31. The van der Waals surface area contributed by atoms with Crippen LogP contribution in [0.5, 0.6) is 0 Å². The van der Waals surface area contributed by atoms with E-state index in [1.54, 1.807) is 0 Å². The lowest BCUT2D eigenvalue weighted by Gasteiger charge is -2.22. The maximum atomic E-state index is 11.7. The molecular formula is C9H23N3O3S. The summed E-state index contributed by atoms with van der Waals surface area (Å²) in [6, 6.07) is 0.140. The van der Waals surface area contributed by atoms with Gasteiger partial charge in [-0.25, -0.2) is 4.72 Å². The van der Waals surface area contributed by atoms with Gasteiger partial charge in [-0.3, -0.25) is 0 Å². The van der Waals surface area contributed by atoms with Crippen LogP contribution >= 0.6 is 0 Å². The van der Waals surface area contributed by atoms with Gasteiger partial charge in [0.05, 0.1) is 0 Å². The Morgan fingerprint density at radius 3 is 2.31 bits per heavy atom. The van der Waals surface area contributed by atoms with E-state index in [1.807, 2.05) is 25.9 Å². The number of hydrogen-bond acceptors (Lipinski definition) is 4. The van der Waals surface area contributed by atoms with Crippen LogP contribution in [0.2, 0.25) is 0 Å². The number of nitrogens with one attached hydrogen (secondary N) is 1. The van der Waals surface area contributed by atoms with Crippen LogP contribution in [0.3, 0.4) is 0 Å². The topological polar surface area (TPSA) is 72.9 Å². The molecule has 0 saturated heterocycles. The summed E-state index contributed by atoms with van der Waals surface area (Å²) in [5.41, 5.74) is 0. The zero-order chi connectivity index (χ0) is 12.8. The van der Waals surface area contributed by atoms with Crippen molar-refractivity contribution in [2.75, 3.05) is 40.8 Å². The van der Waals surface area contributed by atoms with Crippen molar-refractivity contribution in [2.24, 2.45) is 0 Å². The molecule has 0 aromatic carbocycles. The second-order valence-corrected chi connectivity index (χ2v) is 5.93. The first kappa shape index (κ1) is 15.8. The average Bonchev–Trinajstić information content (AvgIpc) is 2.22. The summed E-state index contributed by atoms with van der Waals surface area (Å²) in [5, 5.41) is 8.62. The molecule has 0 rings (SSSR count). The summed E-state index contributed by atoms with van der Waals surface area (Å²) >= 11 is 0. The fraction of sp³-hybridized carbons (Fsp3) is 1.00. The van der Waals surface area contributed by atoms with Crippen molar-refractivity contribution in [3.8, 4) is 0 Å². The van der Waals surface area contributed by atoms with E-state index in [-0.39, 0.29) is 12.6 Å². The van der Waals surface area contributed by atoms with Gasteiger partial charge in [-0.15, -0.1) is 0 Å². The smallest absolute Gasteiger partial charge is 0.279 e. The van der Waals surface area contributed by atoms with Crippen LogP contribution in [0.15, 0.2) is 0 Å². The van der Waals surface area contributed by atoms with Crippen LogP contribution in [-0.4, -0.2) is 69.6 Å².